The first kappa shape index (κ1) is 12.2. The topological polar surface area (TPSA) is 37.4 Å². The lowest BCUT2D eigenvalue weighted by molar-refractivity contribution is -0.113. The molecule has 0 saturated carbocycles. The van der Waals surface area contributed by atoms with E-state index in [1.165, 1.54) is 4.90 Å². The maximum absolute atomic E-state index is 12.3. The molecule has 0 aliphatic carbocycles. The SMILES string of the molecule is O=C1SC(=Cc2ccsc2)C(=O)N1c1ccccc1. The van der Waals surface area contributed by atoms with Gasteiger partial charge in [-0.15, -0.1) is 0 Å². The van der Waals surface area contributed by atoms with E-state index in [0.29, 0.717) is 10.6 Å². The van der Waals surface area contributed by atoms with Crippen LogP contribution in [0.25, 0.3) is 6.08 Å². The molecule has 94 valence electrons. The number of anilines is 1. The Morgan fingerprint density at radius 1 is 1.05 bits per heavy atom. The second-order valence-corrected chi connectivity index (χ2v) is 5.68. The van der Waals surface area contributed by atoms with Gasteiger partial charge in [-0.05, 0) is 52.4 Å². The maximum atomic E-state index is 12.3. The predicted octanol–water partition coefficient (Wildman–Crippen LogP) is 3.99. The van der Waals surface area contributed by atoms with E-state index < -0.39 is 0 Å². The zero-order valence-electron chi connectivity index (χ0n) is 9.78. The Labute approximate surface area is 118 Å². The first-order chi connectivity index (χ1) is 9.25. The molecule has 0 atom stereocenters. The van der Waals surface area contributed by atoms with Crippen LogP contribution in [-0.4, -0.2) is 11.1 Å². The van der Waals surface area contributed by atoms with Crippen molar-refractivity contribution >= 4 is 46.0 Å². The summed E-state index contributed by atoms with van der Waals surface area (Å²) in [5, 5.41) is 3.63. The van der Waals surface area contributed by atoms with E-state index in [2.05, 4.69) is 0 Å². The zero-order chi connectivity index (χ0) is 13.2. The quantitative estimate of drug-likeness (QED) is 0.784. The van der Waals surface area contributed by atoms with E-state index in [1.54, 1.807) is 41.7 Å². The largest absolute Gasteiger partial charge is 0.298 e. The van der Waals surface area contributed by atoms with Crippen LogP contribution in [0.15, 0.2) is 52.1 Å². The van der Waals surface area contributed by atoms with Crippen molar-refractivity contribution in [3.8, 4) is 0 Å². The summed E-state index contributed by atoms with van der Waals surface area (Å²) in [6.07, 6.45) is 1.75. The van der Waals surface area contributed by atoms with Crippen molar-refractivity contribution in [2.24, 2.45) is 0 Å². The molecular weight excluding hydrogens is 278 g/mol. The number of carbonyl (C=O) groups excluding carboxylic acids is 2. The van der Waals surface area contributed by atoms with Crippen LogP contribution in [0.4, 0.5) is 10.5 Å². The summed E-state index contributed by atoms with van der Waals surface area (Å²) < 4.78 is 0. The number of rotatable bonds is 2. The van der Waals surface area contributed by atoms with Crippen molar-refractivity contribution in [2.45, 2.75) is 0 Å². The van der Waals surface area contributed by atoms with E-state index in [9.17, 15) is 9.59 Å². The van der Waals surface area contributed by atoms with E-state index in [-0.39, 0.29) is 11.1 Å². The molecule has 2 heterocycles. The monoisotopic (exact) mass is 287 g/mol. The van der Waals surface area contributed by atoms with E-state index in [0.717, 1.165) is 17.3 Å². The van der Waals surface area contributed by atoms with E-state index in [1.807, 2.05) is 22.9 Å². The molecule has 19 heavy (non-hydrogen) atoms. The highest BCUT2D eigenvalue weighted by molar-refractivity contribution is 8.19. The number of hydrogen-bond donors (Lipinski definition) is 0. The van der Waals surface area contributed by atoms with E-state index >= 15 is 0 Å². The van der Waals surface area contributed by atoms with Gasteiger partial charge in [0.15, 0.2) is 0 Å². The van der Waals surface area contributed by atoms with Crippen LogP contribution in [0.3, 0.4) is 0 Å². The van der Waals surface area contributed by atoms with Crippen LogP contribution >= 0.6 is 23.1 Å². The number of hydrogen-bond acceptors (Lipinski definition) is 4. The average Bonchev–Trinajstić information content (AvgIpc) is 3.01. The molecule has 1 aromatic heterocycles. The number of carbonyl (C=O) groups is 2. The van der Waals surface area contributed by atoms with Crippen molar-refractivity contribution < 1.29 is 9.59 Å². The summed E-state index contributed by atoms with van der Waals surface area (Å²) in [5.41, 5.74) is 1.56. The molecule has 1 aliphatic heterocycles. The third kappa shape index (κ3) is 2.34. The van der Waals surface area contributed by atoms with Gasteiger partial charge in [0.05, 0.1) is 10.6 Å². The second-order valence-electron chi connectivity index (χ2n) is 3.91. The van der Waals surface area contributed by atoms with Crippen molar-refractivity contribution in [3.63, 3.8) is 0 Å². The lowest BCUT2D eigenvalue weighted by Crippen LogP contribution is -2.27. The van der Waals surface area contributed by atoms with Gasteiger partial charge in [0.1, 0.15) is 0 Å². The molecule has 3 nitrogen and oxygen atoms in total. The van der Waals surface area contributed by atoms with Crippen molar-refractivity contribution in [3.05, 3.63) is 57.6 Å². The van der Waals surface area contributed by atoms with Gasteiger partial charge in [0.2, 0.25) is 0 Å². The first-order valence-electron chi connectivity index (χ1n) is 5.61. The number of thioether (sulfide) groups is 1. The van der Waals surface area contributed by atoms with E-state index in [4.69, 9.17) is 0 Å². The van der Waals surface area contributed by atoms with Gasteiger partial charge in [-0.1, -0.05) is 18.2 Å². The minimum Gasteiger partial charge on any atom is -0.268 e. The molecule has 1 aliphatic rings. The molecule has 0 radical (unpaired) electrons. The normalized spacial score (nSPS) is 17.5. The molecule has 0 N–H and O–H groups in total. The molecule has 1 saturated heterocycles. The maximum Gasteiger partial charge on any atom is 0.298 e. The summed E-state index contributed by atoms with van der Waals surface area (Å²) in [6, 6.07) is 10.9. The number of benzene rings is 1. The Morgan fingerprint density at radius 3 is 2.53 bits per heavy atom. The van der Waals surface area contributed by atoms with Crippen molar-refractivity contribution in [2.75, 3.05) is 4.90 Å². The lowest BCUT2D eigenvalue weighted by atomic mass is 10.2. The Bertz CT molecular complexity index is 647. The molecule has 0 bridgehead atoms. The molecule has 0 unspecified atom stereocenters. The van der Waals surface area contributed by atoms with Crippen LogP contribution in [0, 0.1) is 0 Å². The predicted molar refractivity (Wildman–Crippen MR) is 79.2 cm³/mol. The van der Waals surface area contributed by atoms with Crippen LogP contribution in [-0.2, 0) is 4.79 Å². The molecule has 2 aromatic rings. The Hall–Kier alpha value is -1.85. The summed E-state index contributed by atoms with van der Waals surface area (Å²) in [4.78, 5) is 25.9. The van der Waals surface area contributed by atoms with Gasteiger partial charge < -0.3 is 0 Å². The van der Waals surface area contributed by atoms with Gasteiger partial charge in [0, 0.05) is 0 Å². The third-order valence-corrected chi connectivity index (χ3v) is 4.22. The highest BCUT2D eigenvalue weighted by Crippen LogP contribution is 2.35. The fraction of sp³-hybridized carbons (Fsp3) is 0. The second kappa shape index (κ2) is 5.03. The van der Waals surface area contributed by atoms with Crippen LogP contribution in [0.2, 0.25) is 0 Å². The Balaban J connectivity index is 1.94. The number of thiophene rings is 1. The summed E-state index contributed by atoms with van der Waals surface area (Å²) in [7, 11) is 0. The first-order valence-corrected chi connectivity index (χ1v) is 7.37. The number of nitrogens with zero attached hydrogens (tertiary/aromatic N) is 1. The summed E-state index contributed by atoms with van der Waals surface area (Å²) in [5.74, 6) is -0.257. The fourth-order valence-electron chi connectivity index (χ4n) is 1.78. The number of amides is 2. The smallest absolute Gasteiger partial charge is 0.268 e. The van der Waals surface area contributed by atoms with Gasteiger partial charge in [0.25, 0.3) is 11.1 Å². The highest BCUT2D eigenvalue weighted by atomic mass is 32.2. The van der Waals surface area contributed by atoms with Crippen LogP contribution in [0.1, 0.15) is 5.56 Å². The Kier molecular flexibility index (Phi) is 3.23. The lowest BCUT2D eigenvalue weighted by Gasteiger charge is -2.11. The average molecular weight is 287 g/mol. The fourth-order valence-corrected chi connectivity index (χ4v) is 3.24. The molecule has 5 heteroatoms. The molecule has 0 spiro atoms. The molecule has 1 fully saturated rings. The molecular formula is C14H9NO2S2. The minimum absolute atomic E-state index is 0.252. The van der Waals surface area contributed by atoms with Gasteiger partial charge in [-0.2, -0.15) is 11.3 Å². The van der Waals surface area contributed by atoms with Crippen LogP contribution < -0.4 is 4.90 Å². The van der Waals surface area contributed by atoms with Gasteiger partial charge in [-0.25, -0.2) is 4.90 Å². The molecule has 1 aromatic carbocycles. The minimum atomic E-state index is -0.257. The molecule has 3 rings (SSSR count). The van der Waals surface area contributed by atoms with Gasteiger partial charge in [-0.3, -0.25) is 9.59 Å². The third-order valence-electron chi connectivity index (χ3n) is 2.65. The molecule has 2 amide bonds. The summed E-state index contributed by atoms with van der Waals surface area (Å²) >= 11 is 2.54. The zero-order valence-corrected chi connectivity index (χ0v) is 11.4. The summed E-state index contributed by atoms with van der Waals surface area (Å²) in [6.45, 7) is 0. The number of para-hydroxylation sites is 1. The number of imide groups is 1. The highest BCUT2D eigenvalue weighted by Gasteiger charge is 2.36. The van der Waals surface area contributed by atoms with Crippen LogP contribution in [0.5, 0.6) is 0 Å². The Morgan fingerprint density at radius 2 is 1.84 bits per heavy atom. The van der Waals surface area contributed by atoms with Gasteiger partial charge >= 0.3 is 0 Å². The standard InChI is InChI=1S/C14H9NO2S2/c16-13-12(8-10-6-7-18-9-10)19-14(17)15(13)11-4-2-1-3-5-11/h1-9H. The van der Waals surface area contributed by atoms with Crippen molar-refractivity contribution in [1.29, 1.82) is 0 Å². The van der Waals surface area contributed by atoms with Crippen molar-refractivity contribution in [1.82, 2.24) is 0 Å².